The maximum atomic E-state index is 9.57. The number of rotatable bonds is 2. The van der Waals surface area contributed by atoms with E-state index >= 15 is 0 Å². The topological polar surface area (TPSA) is 44.0 Å². The largest absolute Gasteiger partial charge is 0.508 e. The molecule has 0 bridgehead atoms. The number of nitrogens with zero attached hydrogens (tertiary/aromatic N) is 1. The summed E-state index contributed by atoms with van der Waals surface area (Å²) in [6.45, 7) is 4.05. The van der Waals surface area contributed by atoms with E-state index in [1.54, 1.807) is 18.2 Å². The molecule has 68 valence electrons. The highest BCUT2D eigenvalue weighted by Crippen LogP contribution is 2.30. The summed E-state index contributed by atoms with van der Waals surface area (Å²) >= 11 is 0. The summed E-state index contributed by atoms with van der Waals surface area (Å²) in [7, 11) is 0. The van der Waals surface area contributed by atoms with Gasteiger partial charge in [0, 0.05) is 5.56 Å². The fraction of sp³-hybridized carbons (Fsp3) is 0.364. The number of benzene rings is 1. The van der Waals surface area contributed by atoms with E-state index in [0.717, 1.165) is 12.0 Å². The summed E-state index contributed by atoms with van der Waals surface area (Å²) in [4.78, 5) is 0. The van der Waals surface area contributed by atoms with Gasteiger partial charge in [-0.05, 0) is 24.5 Å². The van der Waals surface area contributed by atoms with E-state index in [4.69, 9.17) is 5.26 Å². The van der Waals surface area contributed by atoms with Crippen LogP contribution in [0.15, 0.2) is 18.2 Å². The van der Waals surface area contributed by atoms with Crippen LogP contribution in [0.4, 0.5) is 0 Å². The Morgan fingerprint density at radius 3 is 2.77 bits per heavy atom. The van der Waals surface area contributed by atoms with E-state index in [2.05, 4.69) is 6.07 Å². The molecule has 1 rings (SSSR count). The number of aromatic hydroxyl groups is 1. The van der Waals surface area contributed by atoms with Gasteiger partial charge in [-0.3, -0.25) is 0 Å². The van der Waals surface area contributed by atoms with Crippen LogP contribution in [0.2, 0.25) is 0 Å². The lowest BCUT2D eigenvalue weighted by molar-refractivity contribution is 0.461. The molecule has 2 nitrogen and oxygen atoms in total. The van der Waals surface area contributed by atoms with Gasteiger partial charge in [0.2, 0.25) is 0 Å². The summed E-state index contributed by atoms with van der Waals surface area (Å²) in [5.74, 6) is 0.462. The summed E-state index contributed by atoms with van der Waals surface area (Å²) < 4.78 is 0. The molecule has 0 fully saturated rings. The Morgan fingerprint density at radius 1 is 1.54 bits per heavy atom. The minimum atomic E-state index is 0.230. The van der Waals surface area contributed by atoms with Crippen molar-refractivity contribution in [2.24, 2.45) is 0 Å². The zero-order valence-electron chi connectivity index (χ0n) is 7.91. The highest BCUT2D eigenvalue weighted by atomic mass is 16.3. The van der Waals surface area contributed by atoms with E-state index in [1.165, 1.54) is 0 Å². The second-order valence-electron chi connectivity index (χ2n) is 3.16. The van der Waals surface area contributed by atoms with Crippen molar-refractivity contribution in [3.8, 4) is 11.8 Å². The van der Waals surface area contributed by atoms with Crippen molar-refractivity contribution in [3.05, 3.63) is 29.3 Å². The molecular weight excluding hydrogens is 162 g/mol. The van der Waals surface area contributed by atoms with Crippen molar-refractivity contribution in [1.82, 2.24) is 0 Å². The van der Waals surface area contributed by atoms with Gasteiger partial charge in [0.1, 0.15) is 5.75 Å². The minimum Gasteiger partial charge on any atom is -0.508 e. The molecule has 0 spiro atoms. The van der Waals surface area contributed by atoms with Crippen LogP contribution < -0.4 is 0 Å². The van der Waals surface area contributed by atoms with Crippen LogP contribution in [0.3, 0.4) is 0 Å². The van der Waals surface area contributed by atoms with Gasteiger partial charge in [-0.25, -0.2) is 0 Å². The summed E-state index contributed by atoms with van der Waals surface area (Å²) in [5, 5.41) is 18.4. The second-order valence-corrected chi connectivity index (χ2v) is 3.16. The molecule has 1 aromatic carbocycles. The first-order valence-corrected chi connectivity index (χ1v) is 4.42. The lowest BCUT2D eigenvalue weighted by Gasteiger charge is -2.12. The molecule has 0 aliphatic rings. The predicted molar refractivity (Wildman–Crippen MR) is 51.5 cm³/mol. The summed E-state index contributed by atoms with van der Waals surface area (Å²) in [6, 6.07) is 7.15. The second kappa shape index (κ2) is 3.95. The lowest BCUT2D eigenvalue weighted by Crippen LogP contribution is -1.95. The molecule has 0 saturated carbocycles. The van der Waals surface area contributed by atoms with Crippen molar-refractivity contribution in [1.29, 1.82) is 5.26 Å². The highest BCUT2D eigenvalue weighted by molar-refractivity contribution is 5.47. The molecule has 2 heteroatoms. The first kappa shape index (κ1) is 9.60. The van der Waals surface area contributed by atoms with Crippen LogP contribution in [-0.2, 0) is 0 Å². The number of phenolic OH excluding ortho intramolecular Hbond substituents is 1. The monoisotopic (exact) mass is 175 g/mol. The van der Waals surface area contributed by atoms with Crippen LogP contribution in [0.25, 0.3) is 0 Å². The molecule has 0 radical (unpaired) electrons. The molecule has 1 unspecified atom stereocenters. The molecule has 0 amide bonds. The summed E-state index contributed by atoms with van der Waals surface area (Å²) in [5.41, 5.74) is 1.35. The van der Waals surface area contributed by atoms with E-state index in [-0.39, 0.29) is 11.7 Å². The number of nitriles is 1. The highest BCUT2D eigenvalue weighted by Gasteiger charge is 2.12. The Kier molecular flexibility index (Phi) is 2.92. The quantitative estimate of drug-likeness (QED) is 0.751. The molecule has 0 aromatic heterocycles. The fourth-order valence-corrected chi connectivity index (χ4v) is 1.37. The molecule has 0 aliphatic carbocycles. The Balaban J connectivity index is 3.24. The average Bonchev–Trinajstić information content (AvgIpc) is 2.16. The summed E-state index contributed by atoms with van der Waals surface area (Å²) in [6.07, 6.45) is 0.923. The van der Waals surface area contributed by atoms with Crippen molar-refractivity contribution >= 4 is 0 Å². The van der Waals surface area contributed by atoms with Crippen molar-refractivity contribution in [3.63, 3.8) is 0 Å². The van der Waals surface area contributed by atoms with Crippen LogP contribution in [0, 0.1) is 11.3 Å². The van der Waals surface area contributed by atoms with Gasteiger partial charge in [-0.2, -0.15) is 5.26 Å². The molecule has 0 saturated heterocycles. The normalized spacial score (nSPS) is 12.1. The van der Waals surface area contributed by atoms with Gasteiger partial charge in [-0.15, -0.1) is 0 Å². The van der Waals surface area contributed by atoms with Crippen molar-refractivity contribution in [2.45, 2.75) is 26.2 Å². The first-order chi connectivity index (χ1) is 6.20. The Bertz CT molecular complexity index is 338. The zero-order valence-corrected chi connectivity index (χ0v) is 7.91. The minimum absolute atomic E-state index is 0.230. The number of hydrogen-bond acceptors (Lipinski definition) is 2. The third-order valence-electron chi connectivity index (χ3n) is 2.31. The standard InChI is InChI=1S/C11H13NO/c1-3-8(2)11-9(7-12)5-4-6-10(11)13/h4-6,8,13H,3H2,1-2H3. The maximum Gasteiger partial charge on any atom is 0.120 e. The van der Waals surface area contributed by atoms with E-state index in [1.807, 2.05) is 13.8 Å². The van der Waals surface area contributed by atoms with Gasteiger partial charge >= 0.3 is 0 Å². The zero-order chi connectivity index (χ0) is 9.84. The molecule has 0 heterocycles. The van der Waals surface area contributed by atoms with Crippen LogP contribution in [0.1, 0.15) is 37.3 Å². The van der Waals surface area contributed by atoms with Crippen molar-refractivity contribution in [2.75, 3.05) is 0 Å². The average molecular weight is 175 g/mol. The molecular formula is C11H13NO. The Labute approximate surface area is 78.4 Å². The Morgan fingerprint density at radius 2 is 2.23 bits per heavy atom. The number of phenols is 1. The van der Waals surface area contributed by atoms with Crippen LogP contribution in [0.5, 0.6) is 5.75 Å². The molecule has 1 aromatic rings. The predicted octanol–water partition coefficient (Wildman–Crippen LogP) is 2.78. The van der Waals surface area contributed by atoms with E-state index in [9.17, 15) is 5.11 Å². The SMILES string of the molecule is CCC(C)c1c(O)cccc1C#N. The maximum absolute atomic E-state index is 9.57. The van der Waals surface area contributed by atoms with Gasteiger partial charge in [-0.1, -0.05) is 19.9 Å². The third kappa shape index (κ3) is 1.81. The smallest absolute Gasteiger partial charge is 0.120 e. The molecule has 1 atom stereocenters. The van der Waals surface area contributed by atoms with E-state index in [0.29, 0.717) is 5.56 Å². The Hall–Kier alpha value is -1.49. The van der Waals surface area contributed by atoms with Crippen LogP contribution >= 0.6 is 0 Å². The van der Waals surface area contributed by atoms with E-state index < -0.39 is 0 Å². The molecule has 1 N–H and O–H groups in total. The van der Waals surface area contributed by atoms with Gasteiger partial charge in [0.15, 0.2) is 0 Å². The first-order valence-electron chi connectivity index (χ1n) is 4.42. The lowest BCUT2D eigenvalue weighted by atomic mass is 9.93. The molecule has 0 aliphatic heterocycles. The van der Waals surface area contributed by atoms with Crippen LogP contribution in [-0.4, -0.2) is 5.11 Å². The van der Waals surface area contributed by atoms with Crippen molar-refractivity contribution < 1.29 is 5.11 Å². The fourth-order valence-electron chi connectivity index (χ4n) is 1.37. The number of hydrogen-bond donors (Lipinski definition) is 1. The molecule has 13 heavy (non-hydrogen) atoms. The van der Waals surface area contributed by atoms with Gasteiger partial charge in [0.25, 0.3) is 0 Å². The van der Waals surface area contributed by atoms with Gasteiger partial charge in [0.05, 0.1) is 11.6 Å². The van der Waals surface area contributed by atoms with Gasteiger partial charge < -0.3 is 5.11 Å². The third-order valence-corrected chi connectivity index (χ3v) is 2.31.